The van der Waals surface area contributed by atoms with Crippen molar-refractivity contribution in [2.45, 2.75) is 4.90 Å². The van der Waals surface area contributed by atoms with Crippen LogP contribution in [-0.2, 0) is 9.84 Å². The number of nitrogens with zero attached hydrogens (tertiary/aromatic N) is 3. The van der Waals surface area contributed by atoms with Crippen molar-refractivity contribution in [3.63, 3.8) is 0 Å². The molecule has 1 aromatic carbocycles. The molecule has 2 N–H and O–H groups in total. The van der Waals surface area contributed by atoms with E-state index in [1.807, 2.05) is 0 Å². The molecule has 0 aliphatic rings. The Labute approximate surface area is 98.4 Å². The Morgan fingerprint density at radius 3 is 2.35 bits per heavy atom. The van der Waals surface area contributed by atoms with Crippen LogP contribution in [0, 0.1) is 0 Å². The van der Waals surface area contributed by atoms with Crippen molar-refractivity contribution in [1.82, 2.24) is 15.2 Å². The van der Waals surface area contributed by atoms with E-state index in [2.05, 4.69) is 15.2 Å². The molecule has 0 fully saturated rings. The van der Waals surface area contributed by atoms with E-state index in [1.165, 1.54) is 18.3 Å². The normalized spacial score (nSPS) is 11.4. The molecule has 0 spiro atoms. The molecule has 0 aliphatic carbocycles. The number of sulfone groups is 1. The van der Waals surface area contributed by atoms with Crippen LogP contribution in [0.4, 0.5) is 5.95 Å². The molecule has 88 valence electrons. The molecular formula is C10H10N4O2S. The lowest BCUT2D eigenvalue weighted by Gasteiger charge is -2.02. The lowest BCUT2D eigenvalue weighted by atomic mass is 10.2. The number of aromatic nitrogens is 3. The van der Waals surface area contributed by atoms with Crippen molar-refractivity contribution in [3.8, 4) is 11.3 Å². The van der Waals surface area contributed by atoms with Crippen LogP contribution in [0.15, 0.2) is 35.4 Å². The molecule has 0 radical (unpaired) electrons. The Morgan fingerprint density at radius 2 is 1.82 bits per heavy atom. The van der Waals surface area contributed by atoms with E-state index >= 15 is 0 Å². The third-order valence-electron chi connectivity index (χ3n) is 2.15. The molecule has 2 rings (SSSR count). The first-order valence-electron chi connectivity index (χ1n) is 4.72. The van der Waals surface area contributed by atoms with Crippen molar-refractivity contribution in [2.75, 3.05) is 12.0 Å². The fourth-order valence-corrected chi connectivity index (χ4v) is 1.96. The van der Waals surface area contributed by atoms with Crippen molar-refractivity contribution in [2.24, 2.45) is 0 Å². The summed E-state index contributed by atoms with van der Waals surface area (Å²) in [6.07, 6.45) is 2.62. The van der Waals surface area contributed by atoms with E-state index in [-0.39, 0.29) is 10.8 Å². The second-order valence-corrected chi connectivity index (χ2v) is 5.51. The van der Waals surface area contributed by atoms with Crippen LogP contribution >= 0.6 is 0 Å². The van der Waals surface area contributed by atoms with E-state index < -0.39 is 9.84 Å². The molecule has 1 aromatic heterocycles. The highest BCUT2D eigenvalue weighted by atomic mass is 32.2. The molecule has 0 atom stereocenters. The topological polar surface area (TPSA) is 98.8 Å². The number of nitrogens with two attached hydrogens (primary N) is 1. The standard InChI is InChI=1S/C10H10N4O2S/c1-17(15,16)8-4-2-7(3-5-8)9-6-12-14-10(11)13-9/h2-6H,1H3,(H2,11,13,14). The van der Waals surface area contributed by atoms with E-state index in [0.717, 1.165) is 11.8 Å². The van der Waals surface area contributed by atoms with Gasteiger partial charge >= 0.3 is 0 Å². The van der Waals surface area contributed by atoms with Crippen molar-refractivity contribution >= 4 is 15.8 Å². The molecule has 0 saturated carbocycles. The predicted octanol–water partition coefficient (Wildman–Crippen LogP) is 0.524. The molecule has 0 unspecified atom stereocenters. The smallest absolute Gasteiger partial charge is 0.240 e. The monoisotopic (exact) mass is 250 g/mol. The summed E-state index contributed by atoms with van der Waals surface area (Å²) in [6, 6.07) is 6.34. The molecule has 6 nitrogen and oxygen atoms in total. The Morgan fingerprint density at radius 1 is 1.18 bits per heavy atom. The third kappa shape index (κ3) is 2.56. The molecule has 17 heavy (non-hydrogen) atoms. The van der Waals surface area contributed by atoms with E-state index in [1.54, 1.807) is 12.1 Å². The van der Waals surface area contributed by atoms with Crippen molar-refractivity contribution < 1.29 is 8.42 Å². The molecule has 7 heteroatoms. The molecule has 1 heterocycles. The minimum Gasteiger partial charge on any atom is -0.366 e. The summed E-state index contributed by atoms with van der Waals surface area (Å²) in [4.78, 5) is 4.25. The summed E-state index contributed by atoms with van der Waals surface area (Å²) < 4.78 is 22.6. The third-order valence-corrected chi connectivity index (χ3v) is 3.28. The molecule has 2 aromatic rings. The SMILES string of the molecule is CS(=O)(=O)c1ccc(-c2cnnc(N)n2)cc1. The fourth-order valence-electron chi connectivity index (χ4n) is 1.33. The van der Waals surface area contributed by atoms with Gasteiger partial charge in [0.05, 0.1) is 16.8 Å². The summed E-state index contributed by atoms with van der Waals surface area (Å²) in [6.45, 7) is 0. The minimum absolute atomic E-state index is 0.0784. The number of nitrogen functional groups attached to an aromatic ring is 1. The number of anilines is 1. The maximum Gasteiger partial charge on any atom is 0.240 e. The number of benzene rings is 1. The van der Waals surface area contributed by atoms with Crippen LogP contribution in [0.2, 0.25) is 0 Å². The van der Waals surface area contributed by atoms with Gasteiger partial charge in [0.2, 0.25) is 5.95 Å². The molecule has 0 aliphatic heterocycles. The van der Waals surface area contributed by atoms with Crippen molar-refractivity contribution in [1.29, 1.82) is 0 Å². The van der Waals surface area contributed by atoms with Gasteiger partial charge in [0, 0.05) is 11.8 Å². The molecular weight excluding hydrogens is 240 g/mol. The van der Waals surface area contributed by atoms with Gasteiger partial charge < -0.3 is 5.73 Å². The van der Waals surface area contributed by atoms with Gasteiger partial charge in [0.1, 0.15) is 0 Å². The quantitative estimate of drug-likeness (QED) is 0.834. The highest BCUT2D eigenvalue weighted by molar-refractivity contribution is 7.90. The van der Waals surface area contributed by atoms with Gasteiger partial charge in [-0.3, -0.25) is 0 Å². The Hall–Kier alpha value is -2.02. The van der Waals surface area contributed by atoms with Gasteiger partial charge in [-0.25, -0.2) is 13.4 Å². The average molecular weight is 250 g/mol. The van der Waals surface area contributed by atoms with Crippen LogP contribution in [0.1, 0.15) is 0 Å². The predicted molar refractivity (Wildman–Crippen MR) is 62.8 cm³/mol. The van der Waals surface area contributed by atoms with Crippen LogP contribution < -0.4 is 5.73 Å². The van der Waals surface area contributed by atoms with E-state index in [4.69, 9.17) is 5.73 Å². The second kappa shape index (κ2) is 4.10. The summed E-state index contributed by atoms with van der Waals surface area (Å²) in [7, 11) is -3.18. The van der Waals surface area contributed by atoms with Gasteiger partial charge in [0.25, 0.3) is 0 Å². The average Bonchev–Trinajstić information content (AvgIpc) is 2.28. The fraction of sp³-hybridized carbons (Fsp3) is 0.100. The first-order valence-corrected chi connectivity index (χ1v) is 6.61. The van der Waals surface area contributed by atoms with Crippen LogP contribution in [0.5, 0.6) is 0 Å². The maximum absolute atomic E-state index is 11.3. The van der Waals surface area contributed by atoms with Gasteiger partial charge in [-0.1, -0.05) is 12.1 Å². The zero-order valence-electron chi connectivity index (χ0n) is 9.03. The molecule has 0 bridgehead atoms. The largest absolute Gasteiger partial charge is 0.366 e. The first kappa shape index (κ1) is 11.5. The second-order valence-electron chi connectivity index (χ2n) is 3.50. The van der Waals surface area contributed by atoms with Gasteiger partial charge in [0.15, 0.2) is 9.84 Å². The highest BCUT2D eigenvalue weighted by Gasteiger charge is 2.07. The zero-order valence-corrected chi connectivity index (χ0v) is 9.85. The lowest BCUT2D eigenvalue weighted by Crippen LogP contribution is -1.99. The minimum atomic E-state index is -3.18. The van der Waals surface area contributed by atoms with Crippen LogP contribution in [0.25, 0.3) is 11.3 Å². The van der Waals surface area contributed by atoms with Crippen LogP contribution in [0.3, 0.4) is 0 Å². The summed E-state index contributed by atoms with van der Waals surface area (Å²) >= 11 is 0. The van der Waals surface area contributed by atoms with E-state index in [9.17, 15) is 8.42 Å². The Balaban J connectivity index is 2.43. The summed E-state index contributed by atoms with van der Waals surface area (Å²) in [5, 5.41) is 7.22. The number of hydrogen-bond donors (Lipinski definition) is 1. The number of hydrogen-bond acceptors (Lipinski definition) is 6. The van der Waals surface area contributed by atoms with Crippen LogP contribution in [-0.4, -0.2) is 29.9 Å². The maximum atomic E-state index is 11.3. The summed E-state index contributed by atoms with van der Waals surface area (Å²) in [5.74, 6) is 0.0784. The lowest BCUT2D eigenvalue weighted by molar-refractivity contribution is 0.602. The summed E-state index contributed by atoms with van der Waals surface area (Å²) in [5.41, 5.74) is 6.70. The first-order chi connectivity index (χ1) is 7.97. The zero-order chi connectivity index (χ0) is 12.5. The Bertz CT molecular complexity index is 638. The van der Waals surface area contributed by atoms with Gasteiger partial charge in [-0.15, -0.1) is 5.10 Å². The molecule has 0 saturated heterocycles. The van der Waals surface area contributed by atoms with Crippen molar-refractivity contribution in [3.05, 3.63) is 30.5 Å². The van der Waals surface area contributed by atoms with Gasteiger partial charge in [-0.05, 0) is 12.1 Å². The number of rotatable bonds is 2. The van der Waals surface area contributed by atoms with E-state index in [0.29, 0.717) is 5.69 Å². The molecule has 0 amide bonds. The van der Waals surface area contributed by atoms with Gasteiger partial charge in [-0.2, -0.15) is 5.10 Å². The highest BCUT2D eigenvalue weighted by Crippen LogP contribution is 2.18. The Kier molecular flexibility index (Phi) is 2.76.